The molecule has 42 heavy (non-hydrogen) atoms. The average molecular weight is 590 g/mol. The number of anilines is 2. The highest BCUT2D eigenvalue weighted by Crippen LogP contribution is 2.42. The predicted molar refractivity (Wildman–Crippen MR) is 160 cm³/mol. The number of carbonyl (C=O) groups is 3. The fourth-order valence-electron chi connectivity index (χ4n) is 4.39. The lowest BCUT2D eigenvalue weighted by molar-refractivity contribution is -0.122. The van der Waals surface area contributed by atoms with E-state index in [1.807, 2.05) is 49.4 Å². The van der Waals surface area contributed by atoms with Crippen LogP contribution >= 0.6 is 11.5 Å². The zero-order chi connectivity index (χ0) is 30.4. The van der Waals surface area contributed by atoms with Crippen LogP contribution in [0.4, 0.5) is 11.4 Å². The molecule has 0 bridgehead atoms. The summed E-state index contributed by atoms with van der Waals surface area (Å²) in [6, 6.07) is 18.4. The number of benzene rings is 3. The number of amides is 3. The zero-order valence-corrected chi connectivity index (χ0v) is 24.4. The first kappa shape index (κ1) is 29.9. The summed E-state index contributed by atoms with van der Waals surface area (Å²) in [6.45, 7) is 2.10. The van der Waals surface area contributed by atoms with Gasteiger partial charge in [0.25, 0.3) is 11.8 Å². The van der Waals surface area contributed by atoms with Gasteiger partial charge in [0.15, 0.2) is 17.2 Å². The van der Waals surface area contributed by atoms with E-state index in [1.54, 1.807) is 24.3 Å². The third-order valence-electron chi connectivity index (χ3n) is 6.51. The van der Waals surface area contributed by atoms with Crippen molar-refractivity contribution in [2.45, 2.75) is 19.5 Å². The first-order valence-electron chi connectivity index (χ1n) is 12.8. The summed E-state index contributed by atoms with van der Waals surface area (Å²) in [5.74, 6) is -1.13. The van der Waals surface area contributed by atoms with Crippen LogP contribution in [0.5, 0.6) is 17.2 Å². The van der Waals surface area contributed by atoms with Crippen LogP contribution in [0.3, 0.4) is 0 Å². The summed E-state index contributed by atoms with van der Waals surface area (Å²) >= 11 is 0.727. The smallest absolute Gasteiger partial charge is 0.273 e. The fourth-order valence-corrected chi connectivity index (χ4v) is 5.13. The second kappa shape index (κ2) is 13.0. The van der Waals surface area contributed by atoms with Crippen molar-refractivity contribution in [1.29, 1.82) is 0 Å². The van der Waals surface area contributed by atoms with E-state index in [-0.39, 0.29) is 34.3 Å². The number of hydrogen-bond acceptors (Lipinski definition) is 9. The number of aromatic nitrogens is 1. The van der Waals surface area contributed by atoms with E-state index in [1.165, 1.54) is 26.2 Å². The number of hydrogen-bond donors (Lipinski definition) is 3. The second-order valence-corrected chi connectivity index (χ2v) is 9.99. The average Bonchev–Trinajstić information content (AvgIpc) is 3.40. The maximum Gasteiger partial charge on any atom is 0.273 e. The monoisotopic (exact) mass is 589 g/mol. The Labute approximate surface area is 247 Å². The number of nitrogens with zero attached hydrogens (tertiary/aromatic N) is 2. The Balaban J connectivity index is 1.93. The van der Waals surface area contributed by atoms with Crippen molar-refractivity contribution in [3.8, 4) is 17.2 Å². The maximum absolute atomic E-state index is 14.3. The van der Waals surface area contributed by atoms with Gasteiger partial charge in [0.1, 0.15) is 10.9 Å². The summed E-state index contributed by atoms with van der Waals surface area (Å²) in [5, 5.41) is 2.94. The summed E-state index contributed by atoms with van der Waals surface area (Å²) < 4.78 is 20.6. The normalized spacial score (nSPS) is 11.3. The van der Waals surface area contributed by atoms with Gasteiger partial charge < -0.3 is 31.0 Å². The van der Waals surface area contributed by atoms with E-state index in [4.69, 9.17) is 25.7 Å². The molecule has 0 saturated heterocycles. The van der Waals surface area contributed by atoms with Gasteiger partial charge in [-0.15, -0.1) is 0 Å². The molecule has 0 radical (unpaired) electrons. The molecule has 0 saturated carbocycles. The summed E-state index contributed by atoms with van der Waals surface area (Å²) in [6.07, 6.45) is 0. The Hall–Kier alpha value is -5.10. The maximum atomic E-state index is 14.3. The summed E-state index contributed by atoms with van der Waals surface area (Å²) in [7, 11) is 4.38. The van der Waals surface area contributed by atoms with Crippen molar-refractivity contribution >= 4 is 40.6 Å². The molecule has 0 unspecified atom stereocenters. The number of nitrogens with one attached hydrogen (secondary N) is 1. The lowest BCUT2D eigenvalue weighted by Crippen LogP contribution is -2.44. The molecule has 4 rings (SSSR count). The topological polar surface area (TPSA) is 159 Å². The third kappa shape index (κ3) is 6.13. The van der Waals surface area contributed by atoms with Crippen molar-refractivity contribution in [3.63, 3.8) is 0 Å². The van der Waals surface area contributed by atoms with Crippen LogP contribution in [0.2, 0.25) is 0 Å². The Morgan fingerprint density at radius 1 is 0.952 bits per heavy atom. The van der Waals surface area contributed by atoms with Gasteiger partial charge >= 0.3 is 0 Å². The number of nitrogens with two attached hydrogens (primary N) is 2. The van der Waals surface area contributed by atoms with Gasteiger partial charge in [-0.1, -0.05) is 48.0 Å². The number of carbonyl (C=O) groups excluding carboxylic acids is 3. The summed E-state index contributed by atoms with van der Waals surface area (Å²) in [4.78, 5) is 41.6. The fraction of sp³-hybridized carbons (Fsp3) is 0.200. The molecular weight excluding hydrogens is 558 g/mol. The Morgan fingerprint density at radius 2 is 1.57 bits per heavy atom. The van der Waals surface area contributed by atoms with Crippen molar-refractivity contribution in [3.05, 3.63) is 94.0 Å². The molecule has 3 amide bonds. The van der Waals surface area contributed by atoms with Crippen LogP contribution < -0.4 is 35.9 Å². The van der Waals surface area contributed by atoms with Crippen LogP contribution in [0.1, 0.15) is 42.9 Å². The van der Waals surface area contributed by atoms with Crippen LogP contribution in [0.15, 0.2) is 66.7 Å². The zero-order valence-electron chi connectivity index (χ0n) is 23.5. The molecule has 0 aliphatic heterocycles. The van der Waals surface area contributed by atoms with Crippen molar-refractivity contribution < 1.29 is 28.6 Å². The van der Waals surface area contributed by atoms with E-state index < -0.39 is 23.8 Å². The number of rotatable bonds is 11. The van der Waals surface area contributed by atoms with Crippen molar-refractivity contribution in [1.82, 2.24) is 9.69 Å². The first-order valence-corrected chi connectivity index (χ1v) is 13.5. The van der Waals surface area contributed by atoms with E-state index >= 15 is 0 Å². The van der Waals surface area contributed by atoms with E-state index in [2.05, 4.69) is 9.69 Å². The predicted octanol–water partition coefficient (Wildman–Crippen LogP) is 3.86. The summed E-state index contributed by atoms with van der Waals surface area (Å²) in [5.41, 5.74) is 13.8. The molecule has 0 aliphatic rings. The molecule has 3 aromatic carbocycles. The van der Waals surface area contributed by atoms with Crippen LogP contribution in [0.25, 0.3) is 0 Å². The standard InChI is InChI=1S/C30H31N5O6S/c1-17-10-12-20(13-11-17)35(30(38)27-23(31)24(28(32)36)34-42-27)25(29(37)33-16-18-8-6-5-7-9-18)19-14-21(39-2)26(41-4)22(15-19)40-3/h5-15,25H,16,31H2,1-4H3,(H2,32,36)(H,33,37)/t25-/m1/s1. The van der Waals surface area contributed by atoms with Gasteiger partial charge in [0.05, 0.1) is 27.0 Å². The minimum absolute atomic E-state index is 0.0438. The lowest BCUT2D eigenvalue weighted by atomic mass is 10.0. The van der Waals surface area contributed by atoms with Crippen LogP contribution in [-0.4, -0.2) is 43.4 Å². The molecule has 11 nitrogen and oxygen atoms in total. The van der Waals surface area contributed by atoms with Gasteiger partial charge in [-0.25, -0.2) is 0 Å². The minimum Gasteiger partial charge on any atom is -0.493 e. The van der Waals surface area contributed by atoms with E-state index in [0.29, 0.717) is 17.0 Å². The third-order valence-corrected chi connectivity index (χ3v) is 7.36. The number of nitrogen functional groups attached to an aromatic ring is 1. The molecule has 1 atom stereocenters. The highest BCUT2D eigenvalue weighted by atomic mass is 32.1. The van der Waals surface area contributed by atoms with E-state index in [0.717, 1.165) is 22.7 Å². The quantitative estimate of drug-likeness (QED) is 0.238. The minimum atomic E-state index is -1.25. The van der Waals surface area contributed by atoms with Gasteiger partial charge in [0.2, 0.25) is 11.7 Å². The lowest BCUT2D eigenvalue weighted by Gasteiger charge is -2.32. The SMILES string of the molecule is COc1cc([C@H](C(=O)NCc2ccccc2)N(C(=O)c2snc(C(N)=O)c2N)c2ccc(C)cc2)cc(OC)c1OC. The number of aryl methyl sites for hydroxylation is 1. The number of methoxy groups -OCH3 is 3. The van der Waals surface area contributed by atoms with E-state index in [9.17, 15) is 14.4 Å². The molecule has 12 heteroatoms. The molecule has 5 N–H and O–H groups in total. The Morgan fingerprint density at radius 3 is 2.10 bits per heavy atom. The van der Waals surface area contributed by atoms with Crippen molar-refractivity contribution in [2.24, 2.45) is 5.73 Å². The van der Waals surface area contributed by atoms with Crippen LogP contribution in [-0.2, 0) is 11.3 Å². The largest absolute Gasteiger partial charge is 0.493 e. The number of primary amides is 1. The highest BCUT2D eigenvalue weighted by molar-refractivity contribution is 7.09. The van der Waals surface area contributed by atoms with Crippen molar-refractivity contribution in [2.75, 3.05) is 32.0 Å². The van der Waals surface area contributed by atoms with Gasteiger partial charge in [-0.05, 0) is 53.8 Å². The molecule has 218 valence electrons. The first-order chi connectivity index (χ1) is 20.2. The highest BCUT2D eigenvalue weighted by Gasteiger charge is 2.37. The molecule has 0 fully saturated rings. The van der Waals surface area contributed by atoms with Gasteiger partial charge in [0, 0.05) is 12.2 Å². The van der Waals surface area contributed by atoms with Gasteiger partial charge in [-0.2, -0.15) is 4.37 Å². The Bertz CT molecular complexity index is 1560. The molecule has 0 spiro atoms. The molecule has 0 aliphatic carbocycles. The van der Waals surface area contributed by atoms with Gasteiger partial charge in [-0.3, -0.25) is 19.3 Å². The number of ether oxygens (including phenoxy) is 3. The molecule has 1 aromatic heterocycles. The second-order valence-electron chi connectivity index (χ2n) is 9.21. The molecule has 4 aromatic rings. The molecular formula is C30H31N5O6S. The molecule has 1 heterocycles. The van der Waals surface area contributed by atoms with Crippen LogP contribution in [0, 0.1) is 6.92 Å². The Kier molecular flexibility index (Phi) is 9.28.